The molecule has 0 spiro atoms. The summed E-state index contributed by atoms with van der Waals surface area (Å²) in [5, 5.41) is 53.8. The highest BCUT2D eigenvalue weighted by Crippen LogP contribution is 2.22. The number of hydrogen-bond acceptors (Lipinski definition) is 8. The van der Waals surface area contributed by atoms with Gasteiger partial charge in [0.15, 0.2) is 6.29 Å². The molecule has 9 heteroatoms. The van der Waals surface area contributed by atoms with E-state index >= 15 is 0 Å². The number of aliphatic hydroxyl groups is 5. The van der Waals surface area contributed by atoms with Gasteiger partial charge >= 0.3 is 0 Å². The van der Waals surface area contributed by atoms with Crippen molar-refractivity contribution in [2.75, 3.05) is 13.2 Å². The first-order valence-electron chi connectivity index (χ1n) is 19.4. The lowest BCUT2D eigenvalue weighted by molar-refractivity contribution is -0.302. The smallest absolute Gasteiger partial charge is 0.220 e. The van der Waals surface area contributed by atoms with Gasteiger partial charge in [-0.2, -0.15) is 0 Å². The number of amides is 1. The van der Waals surface area contributed by atoms with Gasteiger partial charge in [-0.3, -0.25) is 4.79 Å². The molecular weight excluding hydrogens is 598 g/mol. The quantitative estimate of drug-likeness (QED) is 0.0357. The number of carbonyl (C=O) groups is 1. The Morgan fingerprint density at radius 2 is 1.17 bits per heavy atom. The number of nitrogens with one attached hydrogen (secondary N) is 1. The summed E-state index contributed by atoms with van der Waals surface area (Å²) in [4.78, 5) is 12.8. The molecule has 47 heavy (non-hydrogen) atoms. The third kappa shape index (κ3) is 21.6. The first-order valence-corrected chi connectivity index (χ1v) is 19.4. The van der Waals surface area contributed by atoms with E-state index in [0.717, 1.165) is 38.5 Å². The summed E-state index contributed by atoms with van der Waals surface area (Å²) in [6.45, 7) is 3.73. The van der Waals surface area contributed by atoms with E-state index in [4.69, 9.17) is 9.47 Å². The lowest BCUT2D eigenvalue weighted by atomic mass is 9.99. The third-order valence-electron chi connectivity index (χ3n) is 9.36. The molecule has 0 radical (unpaired) electrons. The average Bonchev–Trinajstić information content (AvgIpc) is 3.07. The van der Waals surface area contributed by atoms with E-state index in [1.165, 1.54) is 109 Å². The van der Waals surface area contributed by atoms with Gasteiger partial charge in [0, 0.05) is 6.42 Å². The van der Waals surface area contributed by atoms with E-state index in [1.54, 1.807) is 6.08 Å². The molecule has 1 aliphatic rings. The lowest BCUT2D eigenvalue weighted by Crippen LogP contribution is -2.60. The van der Waals surface area contributed by atoms with Gasteiger partial charge in [-0.05, 0) is 19.3 Å². The number of allylic oxidation sites excluding steroid dienone is 1. The van der Waals surface area contributed by atoms with Gasteiger partial charge in [0.2, 0.25) is 5.91 Å². The van der Waals surface area contributed by atoms with E-state index in [2.05, 4.69) is 19.2 Å². The van der Waals surface area contributed by atoms with Crippen LogP contribution < -0.4 is 5.32 Å². The van der Waals surface area contributed by atoms with E-state index in [1.807, 2.05) is 6.08 Å². The Bertz CT molecular complexity index is 751. The topological polar surface area (TPSA) is 149 Å². The van der Waals surface area contributed by atoms with Crippen LogP contribution in [0.1, 0.15) is 168 Å². The number of hydrogen-bond donors (Lipinski definition) is 6. The fourth-order valence-corrected chi connectivity index (χ4v) is 6.15. The molecule has 1 fully saturated rings. The van der Waals surface area contributed by atoms with Crippen LogP contribution in [0.2, 0.25) is 0 Å². The van der Waals surface area contributed by atoms with Gasteiger partial charge in [-0.1, -0.05) is 154 Å². The molecular formula is C38H73NO8. The molecule has 1 aliphatic heterocycles. The van der Waals surface area contributed by atoms with Crippen molar-refractivity contribution in [2.24, 2.45) is 0 Å². The number of ether oxygens (including phenoxy) is 2. The zero-order chi connectivity index (χ0) is 34.5. The zero-order valence-electron chi connectivity index (χ0n) is 30.0. The Balaban J connectivity index is 2.45. The molecule has 7 atom stereocenters. The Morgan fingerprint density at radius 3 is 1.66 bits per heavy atom. The number of carbonyl (C=O) groups excluding carboxylic acids is 1. The molecule has 0 aromatic heterocycles. The SMILES string of the molecule is CCCCCCCCCCC/C=C/[C@@H](O)[C@H](CO[C@@H]1OC(CO)[C@H](O)C(O)C1O)NC(=O)CCCCCCCCCCCCCCC. The molecule has 6 N–H and O–H groups in total. The molecule has 1 rings (SSSR count). The van der Waals surface area contributed by atoms with Gasteiger partial charge in [-0.15, -0.1) is 0 Å². The second kappa shape index (κ2) is 29.8. The Kier molecular flexibility index (Phi) is 27.9. The highest BCUT2D eigenvalue weighted by molar-refractivity contribution is 5.76. The third-order valence-corrected chi connectivity index (χ3v) is 9.36. The minimum absolute atomic E-state index is 0.179. The van der Waals surface area contributed by atoms with Crippen molar-refractivity contribution >= 4 is 5.91 Å². The molecule has 0 bridgehead atoms. The predicted molar refractivity (Wildman–Crippen MR) is 189 cm³/mol. The summed E-state index contributed by atoms with van der Waals surface area (Å²) in [5.74, 6) is -0.179. The minimum Gasteiger partial charge on any atom is -0.394 e. The van der Waals surface area contributed by atoms with Crippen LogP contribution in [0.15, 0.2) is 12.2 Å². The van der Waals surface area contributed by atoms with Crippen molar-refractivity contribution in [2.45, 2.75) is 211 Å². The van der Waals surface area contributed by atoms with Gasteiger partial charge in [-0.25, -0.2) is 0 Å². The van der Waals surface area contributed by atoms with Gasteiger partial charge < -0.3 is 40.3 Å². The largest absolute Gasteiger partial charge is 0.394 e. The van der Waals surface area contributed by atoms with Crippen molar-refractivity contribution in [3.63, 3.8) is 0 Å². The van der Waals surface area contributed by atoms with Crippen LogP contribution in [-0.4, -0.2) is 87.5 Å². The number of aliphatic hydroxyl groups excluding tert-OH is 5. The second-order valence-corrected chi connectivity index (χ2v) is 13.7. The standard InChI is InChI=1S/C38H73NO8/c1-3-5-7-9-11-13-15-16-18-20-22-24-26-28-34(42)39-31(30-46-38-37(45)36(44)35(43)33(29-40)47-38)32(41)27-25-23-21-19-17-14-12-10-8-6-4-2/h25,27,31-33,35-38,40-41,43-45H,3-24,26,28-30H2,1-2H3,(H,39,42)/b27-25+/t31-,32+,33?,35-,36?,37?,38+/m0/s1. The van der Waals surface area contributed by atoms with Crippen molar-refractivity contribution < 1.29 is 39.8 Å². The van der Waals surface area contributed by atoms with Crippen molar-refractivity contribution in [1.29, 1.82) is 0 Å². The maximum Gasteiger partial charge on any atom is 0.220 e. The number of rotatable bonds is 31. The fourth-order valence-electron chi connectivity index (χ4n) is 6.15. The number of unbranched alkanes of at least 4 members (excludes halogenated alkanes) is 21. The summed E-state index contributed by atoms with van der Waals surface area (Å²) in [6.07, 6.45) is 23.9. The fraction of sp³-hybridized carbons (Fsp3) is 0.921. The molecule has 1 amide bonds. The van der Waals surface area contributed by atoms with Crippen LogP contribution in [0.5, 0.6) is 0 Å². The lowest BCUT2D eigenvalue weighted by Gasteiger charge is -2.40. The maximum absolute atomic E-state index is 12.8. The van der Waals surface area contributed by atoms with Gasteiger partial charge in [0.05, 0.1) is 25.4 Å². The zero-order valence-corrected chi connectivity index (χ0v) is 30.0. The van der Waals surface area contributed by atoms with Crippen LogP contribution in [0, 0.1) is 0 Å². The Morgan fingerprint density at radius 1 is 0.702 bits per heavy atom. The first-order chi connectivity index (χ1) is 22.8. The second-order valence-electron chi connectivity index (χ2n) is 13.7. The normalized spacial score (nSPS) is 22.9. The van der Waals surface area contributed by atoms with E-state index < -0.39 is 49.5 Å². The molecule has 9 nitrogen and oxygen atoms in total. The summed E-state index contributed by atoms with van der Waals surface area (Å²) < 4.78 is 11.1. The monoisotopic (exact) mass is 672 g/mol. The average molecular weight is 672 g/mol. The van der Waals surface area contributed by atoms with Crippen molar-refractivity contribution in [1.82, 2.24) is 5.32 Å². The first kappa shape index (κ1) is 44.0. The summed E-state index contributed by atoms with van der Waals surface area (Å²) in [7, 11) is 0. The van der Waals surface area contributed by atoms with E-state index in [9.17, 15) is 30.3 Å². The molecule has 0 aromatic carbocycles. The van der Waals surface area contributed by atoms with Crippen LogP contribution >= 0.6 is 0 Å². The van der Waals surface area contributed by atoms with E-state index in [-0.39, 0.29) is 12.5 Å². The minimum atomic E-state index is -1.56. The van der Waals surface area contributed by atoms with Crippen molar-refractivity contribution in [3.05, 3.63) is 12.2 Å². The summed E-state index contributed by atoms with van der Waals surface area (Å²) in [5.41, 5.74) is 0. The maximum atomic E-state index is 12.8. The van der Waals surface area contributed by atoms with Crippen LogP contribution in [0.25, 0.3) is 0 Å². The van der Waals surface area contributed by atoms with Gasteiger partial charge in [0.25, 0.3) is 0 Å². The van der Waals surface area contributed by atoms with Crippen LogP contribution in [-0.2, 0) is 14.3 Å². The van der Waals surface area contributed by atoms with Crippen LogP contribution in [0.4, 0.5) is 0 Å². The molecule has 0 aliphatic carbocycles. The molecule has 1 saturated heterocycles. The van der Waals surface area contributed by atoms with E-state index in [0.29, 0.717) is 6.42 Å². The molecule has 0 saturated carbocycles. The molecule has 3 unspecified atom stereocenters. The summed E-state index contributed by atoms with van der Waals surface area (Å²) in [6, 6.07) is -0.795. The van der Waals surface area contributed by atoms with Crippen LogP contribution in [0.3, 0.4) is 0 Å². The molecule has 278 valence electrons. The molecule has 0 aromatic rings. The highest BCUT2D eigenvalue weighted by atomic mass is 16.7. The summed E-state index contributed by atoms with van der Waals surface area (Å²) >= 11 is 0. The molecule has 1 heterocycles. The highest BCUT2D eigenvalue weighted by Gasteiger charge is 2.44. The van der Waals surface area contributed by atoms with Gasteiger partial charge in [0.1, 0.15) is 24.4 Å². The predicted octanol–water partition coefficient (Wildman–Crippen LogP) is 6.61. The Hall–Kier alpha value is -1.07. The Labute approximate surface area is 286 Å². The van der Waals surface area contributed by atoms with Crippen molar-refractivity contribution in [3.8, 4) is 0 Å².